The Morgan fingerprint density at radius 3 is 1.60 bits per heavy atom. The van der Waals surface area contributed by atoms with Crippen LogP contribution in [0.3, 0.4) is 0 Å². The van der Waals surface area contributed by atoms with Gasteiger partial charge in [0.15, 0.2) is 0 Å². The zero-order valence-electron chi connectivity index (χ0n) is 8.41. The first kappa shape index (κ1) is 16.3. The van der Waals surface area contributed by atoms with Gasteiger partial charge in [-0.1, -0.05) is 0 Å². The summed E-state index contributed by atoms with van der Waals surface area (Å²) in [6.07, 6.45) is 1.36. The van der Waals surface area contributed by atoms with Crippen LogP contribution in [0.4, 0.5) is 0 Å². The third-order valence-electron chi connectivity index (χ3n) is 1.66. The minimum absolute atomic E-state index is 0.152. The molecule has 0 aromatic heterocycles. The summed E-state index contributed by atoms with van der Waals surface area (Å²) in [7, 11) is 0. The third-order valence-corrected chi connectivity index (χ3v) is 5.01. The summed E-state index contributed by atoms with van der Waals surface area (Å²) in [5.74, 6) is 1.36. The van der Waals surface area contributed by atoms with Crippen LogP contribution in [0.1, 0.15) is 12.8 Å². The predicted octanol–water partition coefficient (Wildman–Crippen LogP) is 1.66. The van der Waals surface area contributed by atoms with Gasteiger partial charge < -0.3 is 10.2 Å². The third kappa shape index (κ3) is 9.02. The highest BCUT2D eigenvalue weighted by Gasteiger charge is 2.12. The van der Waals surface area contributed by atoms with Crippen LogP contribution in [0.5, 0.6) is 0 Å². The normalized spacial score (nSPS) is 15.2. The highest BCUT2D eigenvalue weighted by molar-refractivity contribution is 8.09. The zero-order chi connectivity index (χ0) is 11.5. The summed E-state index contributed by atoms with van der Waals surface area (Å²) in [6, 6.07) is 0. The summed E-state index contributed by atoms with van der Waals surface area (Å²) in [6.45, 7) is 0.303. The molecule has 0 aliphatic carbocycles. The van der Waals surface area contributed by atoms with Crippen molar-refractivity contribution in [2.45, 2.75) is 23.3 Å². The summed E-state index contributed by atoms with van der Waals surface area (Å²) in [5, 5.41) is 17.9. The van der Waals surface area contributed by atoms with Crippen molar-refractivity contribution in [3.05, 3.63) is 0 Å². The lowest BCUT2D eigenvalue weighted by Crippen LogP contribution is -2.10. The molecular weight excluding hydrogens is 272 g/mol. The summed E-state index contributed by atoms with van der Waals surface area (Å²) in [4.78, 5) is 0. The Labute approximate surface area is 111 Å². The fourth-order valence-corrected chi connectivity index (χ4v) is 3.09. The van der Waals surface area contributed by atoms with E-state index in [1.807, 2.05) is 0 Å². The van der Waals surface area contributed by atoms with E-state index in [2.05, 4.69) is 25.3 Å². The molecule has 0 aliphatic rings. The van der Waals surface area contributed by atoms with Crippen molar-refractivity contribution in [2.24, 2.45) is 0 Å². The van der Waals surface area contributed by atoms with Gasteiger partial charge in [0.25, 0.3) is 0 Å². The van der Waals surface area contributed by atoms with Crippen molar-refractivity contribution >= 4 is 49.3 Å². The van der Waals surface area contributed by atoms with Crippen LogP contribution in [-0.4, -0.2) is 45.4 Å². The maximum absolute atomic E-state index is 8.75. The summed E-state index contributed by atoms with van der Waals surface area (Å²) < 4.78 is 5.36. The Morgan fingerprint density at radius 1 is 0.933 bits per heavy atom. The first-order chi connectivity index (χ1) is 7.28. The molecule has 15 heavy (non-hydrogen) atoms. The van der Waals surface area contributed by atoms with E-state index in [-0.39, 0.29) is 23.7 Å². The molecule has 92 valence electrons. The van der Waals surface area contributed by atoms with Crippen LogP contribution in [0.25, 0.3) is 0 Å². The first-order valence-corrected chi connectivity index (χ1v) is 7.58. The van der Waals surface area contributed by atoms with Crippen molar-refractivity contribution in [1.29, 1.82) is 0 Å². The predicted molar refractivity (Wildman–Crippen MR) is 75.0 cm³/mol. The lowest BCUT2D eigenvalue weighted by atomic mass is 10.3. The largest absolute Gasteiger partial charge is 0.396 e. The molecule has 0 saturated heterocycles. The fourth-order valence-electron chi connectivity index (χ4n) is 0.761. The van der Waals surface area contributed by atoms with Crippen LogP contribution < -0.4 is 0 Å². The van der Waals surface area contributed by atoms with Gasteiger partial charge in [-0.3, -0.25) is 0 Å². The molecule has 0 amide bonds. The summed E-state index contributed by atoms with van der Waals surface area (Å²) in [5.41, 5.74) is 0. The van der Waals surface area contributed by atoms with Gasteiger partial charge in [0.2, 0.25) is 0 Å². The SMILES string of the molecule is OCCC(CS)SOSC(CS)CCO. The van der Waals surface area contributed by atoms with E-state index in [4.69, 9.17) is 13.8 Å². The van der Waals surface area contributed by atoms with Crippen LogP contribution in [-0.2, 0) is 3.63 Å². The number of hydrogen-bond acceptors (Lipinski definition) is 7. The lowest BCUT2D eigenvalue weighted by molar-refractivity contribution is 0.288. The molecule has 3 nitrogen and oxygen atoms in total. The Hall–Kier alpha value is 1.28. The molecular formula is C8H18O3S4. The quantitative estimate of drug-likeness (QED) is 0.364. The van der Waals surface area contributed by atoms with Gasteiger partial charge in [-0.2, -0.15) is 25.3 Å². The van der Waals surface area contributed by atoms with Crippen molar-refractivity contribution in [2.75, 3.05) is 24.7 Å². The standard InChI is InChI=1S/C8H18O3S4/c9-3-1-7(5-12)14-11-15-8(6-13)2-4-10/h7-10,12-13H,1-6H2. The minimum atomic E-state index is 0.152. The maximum Gasteiger partial charge on any atom is 0.0442 e. The van der Waals surface area contributed by atoms with Gasteiger partial charge >= 0.3 is 0 Å². The van der Waals surface area contributed by atoms with Crippen molar-refractivity contribution < 1.29 is 13.8 Å². The molecule has 0 saturated carbocycles. The number of rotatable bonds is 10. The zero-order valence-corrected chi connectivity index (χ0v) is 11.8. The molecule has 0 heterocycles. The average Bonchev–Trinajstić information content (AvgIpc) is 2.26. The molecule has 0 aliphatic heterocycles. The van der Waals surface area contributed by atoms with Gasteiger partial charge in [0.05, 0.1) is 0 Å². The topological polar surface area (TPSA) is 49.7 Å². The molecule has 2 atom stereocenters. The minimum Gasteiger partial charge on any atom is -0.396 e. The molecule has 0 bridgehead atoms. The second-order valence-corrected chi connectivity index (χ2v) is 5.89. The molecule has 0 spiro atoms. The monoisotopic (exact) mass is 290 g/mol. The van der Waals surface area contributed by atoms with Crippen LogP contribution in [0, 0.1) is 0 Å². The van der Waals surface area contributed by atoms with E-state index in [9.17, 15) is 0 Å². The fraction of sp³-hybridized carbons (Fsp3) is 1.00. The van der Waals surface area contributed by atoms with Gasteiger partial charge in [-0.25, -0.2) is 3.63 Å². The van der Waals surface area contributed by atoms with Crippen LogP contribution in [0.15, 0.2) is 0 Å². The van der Waals surface area contributed by atoms with E-state index in [0.29, 0.717) is 24.3 Å². The first-order valence-electron chi connectivity index (χ1n) is 4.70. The molecule has 7 heteroatoms. The Kier molecular flexibility index (Phi) is 12.8. The molecule has 0 aromatic rings. The van der Waals surface area contributed by atoms with Gasteiger partial charge in [-0.15, -0.1) is 0 Å². The van der Waals surface area contributed by atoms with E-state index in [1.54, 1.807) is 0 Å². The number of thiol groups is 2. The molecule has 2 unspecified atom stereocenters. The highest BCUT2D eigenvalue weighted by atomic mass is 32.2. The molecule has 0 rings (SSSR count). The number of aliphatic hydroxyl groups is 2. The molecule has 0 radical (unpaired) electrons. The number of hydrogen-bond donors (Lipinski definition) is 4. The second kappa shape index (κ2) is 11.8. The van der Waals surface area contributed by atoms with Crippen molar-refractivity contribution in [3.63, 3.8) is 0 Å². The van der Waals surface area contributed by atoms with E-state index in [0.717, 1.165) is 0 Å². The maximum atomic E-state index is 8.75. The number of aliphatic hydroxyl groups excluding tert-OH is 2. The Balaban J connectivity index is 3.55. The highest BCUT2D eigenvalue weighted by Crippen LogP contribution is 2.27. The van der Waals surface area contributed by atoms with E-state index >= 15 is 0 Å². The van der Waals surface area contributed by atoms with Gasteiger partial charge in [0, 0.05) is 59.3 Å². The van der Waals surface area contributed by atoms with Gasteiger partial charge in [0.1, 0.15) is 0 Å². The smallest absolute Gasteiger partial charge is 0.0442 e. The van der Waals surface area contributed by atoms with Gasteiger partial charge in [-0.05, 0) is 12.8 Å². The van der Waals surface area contributed by atoms with Crippen LogP contribution in [0.2, 0.25) is 0 Å². The molecule has 0 aromatic carbocycles. The molecule has 0 fully saturated rings. The lowest BCUT2D eigenvalue weighted by Gasteiger charge is -2.14. The van der Waals surface area contributed by atoms with Crippen molar-refractivity contribution in [3.8, 4) is 0 Å². The second-order valence-electron chi connectivity index (χ2n) is 2.89. The Bertz CT molecular complexity index is 125. The van der Waals surface area contributed by atoms with E-state index in [1.165, 1.54) is 24.1 Å². The average molecular weight is 290 g/mol. The van der Waals surface area contributed by atoms with Crippen LogP contribution >= 0.6 is 49.3 Å². The summed E-state index contributed by atoms with van der Waals surface area (Å²) >= 11 is 11.0. The van der Waals surface area contributed by atoms with Crippen molar-refractivity contribution in [1.82, 2.24) is 0 Å². The van der Waals surface area contributed by atoms with E-state index < -0.39 is 0 Å². The molecule has 2 N–H and O–H groups in total. The Morgan fingerprint density at radius 2 is 1.33 bits per heavy atom.